The number of thioether (sulfide) groups is 1. The normalized spacial score (nSPS) is 10.5. The van der Waals surface area contributed by atoms with E-state index in [9.17, 15) is 9.59 Å². The van der Waals surface area contributed by atoms with E-state index < -0.39 is 5.97 Å². The summed E-state index contributed by atoms with van der Waals surface area (Å²) < 4.78 is 5.05. The van der Waals surface area contributed by atoms with Crippen LogP contribution in [0.15, 0.2) is 71.6 Å². The van der Waals surface area contributed by atoms with Crippen molar-refractivity contribution in [3.8, 4) is 0 Å². The van der Waals surface area contributed by atoms with E-state index in [1.807, 2.05) is 42.5 Å². The number of ether oxygens (including phenoxy) is 1. The highest BCUT2D eigenvalue weighted by Gasteiger charge is 2.16. The van der Waals surface area contributed by atoms with Crippen molar-refractivity contribution < 1.29 is 14.3 Å². The van der Waals surface area contributed by atoms with E-state index in [0.29, 0.717) is 22.6 Å². The molecule has 3 aromatic carbocycles. The molecule has 0 aliphatic carbocycles. The van der Waals surface area contributed by atoms with Crippen molar-refractivity contribution in [3.05, 3.63) is 77.9 Å². The van der Waals surface area contributed by atoms with Gasteiger partial charge in [0.2, 0.25) is 5.12 Å². The van der Waals surface area contributed by atoms with Gasteiger partial charge in [-0.1, -0.05) is 42.5 Å². The minimum absolute atomic E-state index is 0.0995. The molecule has 120 valence electrons. The Labute approximate surface area is 144 Å². The first-order chi connectivity index (χ1) is 11.7. The molecule has 3 rings (SSSR count). The maximum absolute atomic E-state index is 12.6. The van der Waals surface area contributed by atoms with Crippen LogP contribution in [0.3, 0.4) is 0 Å². The number of carbonyl (C=O) groups is 2. The molecular formula is C20H16O3S. The first-order valence-corrected chi connectivity index (χ1v) is 8.48. The highest BCUT2D eigenvalue weighted by molar-refractivity contribution is 8.14. The Morgan fingerprint density at radius 2 is 1.62 bits per heavy atom. The molecule has 0 aromatic heterocycles. The largest absolute Gasteiger partial charge is 0.462 e. The molecule has 0 N–H and O–H groups in total. The zero-order chi connectivity index (χ0) is 16.9. The van der Waals surface area contributed by atoms with Crippen LogP contribution in [-0.4, -0.2) is 17.7 Å². The van der Waals surface area contributed by atoms with Crippen LogP contribution in [0.25, 0.3) is 10.8 Å². The maximum Gasteiger partial charge on any atom is 0.339 e. The average Bonchev–Trinajstić information content (AvgIpc) is 2.62. The summed E-state index contributed by atoms with van der Waals surface area (Å²) in [5.41, 5.74) is 1.02. The molecule has 3 nitrogen and oxygen atoms in total. The van der Waals surface area contributed by atoms with Gasteiger partial charge in [-0.3, -0.25) is 4.79 Å². The smallest absolute Gasteiger partial charge is 0.339 e. The third-order valence-electron chi connectivity index (χ3n) is 3.57. The van der Waals surface area contributed by atoms with Gasteiger partial charge in [0.15, 0.2) is 0 Å². The highest BCUT2D eigenvalue weighted by atomic mass is 32.2. The third-order valence-corrected chi connectivity index (χ3v) is 4.57. The van der Waals surface area contributed by atoms with Gasteiger partial charge >= 0.3 is 5.97 Å². The van der Waals surface area contributed by atoms with E-state index in [1.165, 1.54) is 0 Å². The van der Waals surface area contributed by atoms with Crippen molar-refractivity contribution >= 4 is 33.6 Å². The standard InChI is InChI=1S/C20H16O3S/c1-2-23-19(21)17-9-5-6-10-18(17)24-20(22)16-12-11-14-7-3-4-8-15(14)13-16/h3-13H,2H2,1H3. The summed E-state index contributed by atoms with van der Waals surface area (Å²) >= 11 is 1.05. The summed E-state index contributed by atoms with van der Waals surface area (Å²) in [6.45, 7) is 2.06. The van der Waals surface area contributed by atoms with E-state index in [-0.39, 0.29) is 5.12 Å². The van der Waals surface area contributed by atoms with Crippen LogP contribution >= 0.6 is 11.8 Å². The van der Waals surface area contributed by atoms with Crippen molar-refractivity contribution in [2.24, 2.45) is 0 Å². The van der Waals surface area contributed by atoms with Crippen molar-refractivity contribution in [1.29, 1.82) is 0 Å². The van der Waals surface area contributed by atoms with E-state index >= 15 is 0 Å². The molecule has 0 saturated carbocycles. The van der Waals surface area contributed by atoms with Crippen LogP contribution in [0.2, 0.25) is 0 Å². The molecule has 0 spiro atoms. The molecular weight excluding hydrogens is 320 g/mol. The Hall–Kier alpha value is -2.59. The van der Waals surface area contributed by atoms with Crippen LogP contribution in [0.5, 0.6) is 0 Å². The molecule has 0 aliphatic rings. The van der Waals surface area contributed by atoms with Crippen LogP contribution < -0.4 is 0 Å². The predicted octanol–water partition coefficient (Wildman–Crippen LogP) is 4.95. The summed E-state index contributed by atoms with van der Waals surface area (Å²) in [5, 5.41) is 2.01. The molecule has 0 saturated heterocycles. The number of rotatable bonds is 4. The van der Waals surface area contributed by atoms with Crippen LogP contribution in [-0.2, 0) is 4.74 Å². The average molecular weight is 336 g/mol. The minimum Gasteiger partial charge on any atom is -0.462 e. The molecule has 0 bridgehead atoms. The van der Waals surface area contributed by atoms with Gasteiger partial charge in [0, 0.05) is 10.5 Å². The number of hydrogen-bond acceptors (Lipinski definition) is 4. The number of hydrogen-bond donors (Lipinski definition) is 0. The van der Waals surface area contributed by atoms with E-state index in [4.69, 9.17) is 4.74 Å². The fourth-order valence-electron chi connectivity index (χ4n) is 2.41. The second-order valence-electron chi connectivity index (χ2n) is 5.17. The summed E-state index contributed by atoms with van der Waals surface area (Å²) in [6.07, 6.45) is 0. The summed E-state index contributed by atoms with van der Waals surface area (Å²) in [4.78, 5) is 25.2. The summed E-state index contributed by atoms with van der Waals surface area (Å²) in [5.74, 6) is -0.410. The zero-order valence-electron chi connectivity index (χ0n) is 13.2. The molecule has 24 heavy (non-hydrogen) atoms. The van der Waals surface area contributed by atoms with E-state index in [2.05, 4.69) is 0 Å². The van der Waals surface area contributed by atoms with Gasteiger partial charge in [0.1, 0.15) is 0 Å². The van der Waals surface area contributed by atoms with Gasteiger partial charge in [0.25, 0.3) is 0 Å². The van der Waals surface area contributed by atoms with Gasteiger partial charge in [0.05, 0.1) is 12.2 Å². The van der Waals surface area contributed by atoms with Crippen LogP contribution in [0.4, 0.5) is 0 Å². The molecule has 0 atom stereocenters. The Bertz CT molecular complexity index is 902. The van der Waals surface area contributed by atoms with Gasteiger partial charge in [-0.15, -0.1) is 0 Å². The SMILES string of the molecule is CCOC(=O)c1ccccc1SC(=O)c1ccc2ccccc2c1. The van der Waals surface area contributed by atoms with Gasteiger partial charge in [-0.2, -0.15) is 0 Å². The molecule has 0 heterocycles. The second-order valence-corrected chi connectivity index (χ2v) is 6.18. The van der Waals surface area contributed by atoms with Gasteiger partial charge in [-0.05, 0) is 53.7 Å². The van der Waals surface area contributed by atoms with E-state index in [0.717, 1.165) is 22.5 Å². The van der Waals surface area contributed by atoms with Crippen LogP contribution in [0, 0.1) is 0 Å². The molecule has 0 aliphatic heterocycles. The van der Waals surface area contributed by atoms with Crippen molar-refractivity contribution in [3.63, 3.8) is 0 Å². The summed E-state index contributed by atoms with van der Waals surface area (Å²) in [7, 11) is 0. The molecule has 3 aromatic rings. The predicted molar refractivity (Wildman–Crippen MR) is 96.5 cm³/mol. The number of esters is 1. The van der Waals surface area contributed by atoms with Gasteiger partial charge < -0.3 is 4.74 Å². The highest BCUT2D eigenvalue weighted by Crippen LogP contribution is 2.28. The Balaban J connectivity index is 1.87. The number of benzene rings is 3. The van der Waals surface area contributed by atoms with E-state index in [1.54, 1.807) is 31.2 Å². The first kappa shape index (κ1) is 16.3. The third kappa shape index (κ3) is 3.49. The number of fused-ring (bicyclic) bond motifs is 1. The lowest BCUT2D eigenvalue weighted by molar-refractivity contribution is 0.0522. The lowest BCUT2D eigenvalue weighted by Gasteiger charge is -2.08. The monoisotopic (exact) mass is 336 g/mol. The topological polar surface area (TPSA) is 43.4 Å². The van der Waals surface area contributed by atoms with Crippen molar-refractivity contribution in [2.75, 3.05) is 6.61 Å². The quantitative estimate of drug-likeness (QED) is 0.499. The number of carbonyl (C=O) groups excluding carboxylic acids is 2. The van der Waals surface area contributed by atoms with Crippen molar-refractivity contribution in [1.82, 2.24) is 0 Å². The fourth-order valence-corrected chi connectivity index (χ4v) is 3.26. The molecule has 4 heteroatoms. The summed E-state index contributed by atoms with van der Waals surface area (Å²) in [6, 6.07) is 20.5. The maximum atomic E-state index is 12.6. The molecule has 0 unspecified atom stereocenters. The minimum atomic E-state index is -0.410. The Kier molecular flexibility index (Phi) is 4.96. The lowest BCUT2D eigenvalue weighted by atomic mass is 10.1. The van der Waals surface area contributed by atoms with Crippen molar-refractivity contribution in [2.45, 2.75) is 11.8 Å². The Morgan fingerprint density at radius 3 is 2.42 bits per heavy atom. The van der Waals surface area contributed by atoms with Crippen LogP contribution in [0.1, 0.15) is 27.6 Å². The first-order valence-electron chi connectivity index (χ1n) is 7.66. The lowest BCUT2D eigenvalue weighted by Crippen LogP contribution is -2.06. The molecule has 0 radical (unpaired) electrons. The molecule has 0 amide bonds. The fraction of sp³-hybridized carbons (Fsp3) is 0.100. The zero-order valence-corrected chi connectivity index (χ0v) is 14.0. The Morgan fingerprint density at radius 1 is 0.917 bits per heavy atom. The molecule has 0 fully saturated rings. The van der Waals surface area contributed by atoms with Gasteiger partial charge in [-0.25, -0.2) is 4.79 Å². The second kappa shape index (κ2) is 7.32.